The van der Waals surface area contributed by atoms with Crippen molar-refractivity contribution in [1.82, 2.24) is 9.47 Å². The molecule has 2 amide bonds. The first-order valence-electron chi connectivity index (χ1n) is 10.8. The molecule has 0 saturated heterocycles. The summed E-state index contributed by atoms with van der Waals surface area (Å²) in [6.45, 7) is 1.76. The number of aromatic nitrogens is 1. The molecule has 0 fully saturated rings. The van der Waals surface area contributed by atoms with Crippen LogP contribution in [0.4, 0.5) is 0 Å². The fourth-order valence-corrected chi connectivity index (χ4v) is 5.06. The van der Waals surface area contributed by atoms with Crippen molar-refractivity contribution >= 4 is 34.3 Å². The molecular formula is C27H21ClN2O4. The molecule has 3 aromatic carbocycles. The Morgan fingerprint density at radius 1 is 0.882 bits per heavy atom. The summed E-state index contributed by atoms with van der Waals surface area (Å²) in [5.74, 6) is -0.272. The van der Waals surface area contributed by atoms with E-state index in [1.807, 2.05) is 34.9 Å². The maximum Gasteiger partial charge on any atom is 0.262 e. The second-order valence-electron chi connectivity index (χ2n) is 8.22. The number of hydrogen-bond donors (Lipinski definition) is 0. The number of rotatable bonds is 4. The average Bonchev–Trinajstić information content (AvgIpc) is 3.10. The van der Waals surface area contributed by atoms with Crippen LogP contribution in [-0.4, -0.2) is 28.4 Å². The van der Waals surface area contributed by atoms with Crippen molar-refractivity contribution in [3.63, 3.8) is 0 Å². The number of imide groups is 1. The first-order valence-corrected chi connectivity index (χ1v) is 11.2. The minimum atomic E-state index is -0.727. The molecule has 1 atom stereocenters. The van der Waals surface area contributed by atoms with E-state index in [1.165, 1.54) is 12.0 Å². The third kappa shape index (κ3) is 3.14. The minimum Gasteiger partial charge on any atom is -0.497 e. The maximum absolute atomic E-state index is 13.9. The number of nitrogens with zero attached hydrogens (tertiary/aromatic N) is 2. The van der Waals surface area contributed by atoms with Gasteiger partial charge in [-0.05, 0) is 30.7 Å². The number of aryl methyl sites for hydroxylation is 1. The molecule has 1 aromatic heterocycles. The predicted molar refractivity (Wildman–Crippen MR) is 132 cm³/mol. The van der Waals surface area contributed by atoms with Gasteiger partial charge in [-0.2, -0.15) is 0 Å². The van der Waals surface area contributed by atoms with Crippen molar-refractivity contribution in [1.29, 1.82) is 0 Å². The minimum absolute atomic E-state index is 0.270. The van der Waals surface area contributed by atoms with Gasteiger partial charge in [0.2, 0.25) is 0 Å². The van der Waals surface area contributed by atoms with Crippen LogP contribution in [0, 0.1) is 0 Å². The van der Waals surface area contributed by atoms with Crippen LogP contribution in [0.25, 0.3) is 22.0 Å². The Kier molecular flexibility index (Phi) is 5.25. The smallest absolute Gasteiger partial charge is 0.262 e. The summed E-state index contributed by atoms with van der Waals surface area (Å²) in [6, 6.07) is 18.6. The highest BCUT2D eigenvalue weighted by molar-refractivity contribution is 6.35. The van der Waals surface area contributed by atoms with Crippen molar-refractivity contribution in [2.24, 2.45) is 7.05 Å². The summed E-state index contributed by atoms with van der Waals surface area (Å²) in [5.41, 5.74) is 2.59. The Hall–Kier alpha value is -3.90. The van der Waals surface area contributed by atoms with E-state index in [1.54, 1.807) is 50.4 Å². The second kappa shape index (κ2) is 8.15. The van der Waals surface area contributed by atoms with E-state index in [-0.39, 0.29) is 22.3 Å². The van der Waals surface area contributed by atoms with Crippen LogP contribution in [0.15, 0.2) is 71.5 Å². The number of pyridine rings is 1. The second-order valence-corrected chi connectivity index (χ2v) is 8.63. The molecule has 5 rings (SSSR count). The van der Waals surface area contributed by atoms with Gasteiger partial charge in [0.1, 0.15) is 5.75 Å². The molecule has 0 N–H and O–H groups in total. The maximum atomic E-state index is 13.9. The molecule has 1 aliphatic rings. The number of hydrogen-bond acceptors (Lipinski definition) is 4. The molecule has 0 aliphatic carbocycles. The molecule has 6 nitrogen and oxygen atoms in total. The number of methoxy groups -OCH3 is 1. The van der Waals surface area contributed by atoms with E-state index in [0.717, 1.165) is 0 Å². The zero-order chi connectivity index (χ0) is 24.1. The Labute approximate surface area is 201 Å². The molecule has 34 heavy (non-hydrogen) atoms. The average molecular weight is 473 g/mol. The van der Waals surface area contributed by atoms with E-state index in [0.29, 0.717) is 44.6 Å². The summed E-state index contributed by atoms with van der Waals surface area (Å²) >= 11 is 6.53. The molecule has 0 unspecified atom stereocenters. The van der Waals surface area contributed by atoms with Crippen LogP contribution in [-0.2, 0) is 7.05 Å². The van der Waals surface area contributed by atoms with E-state index >= 15 is 0 Å². The zero-order valence-corrected chi connectivity index (χ0v) is 19.6. The topological polar surface area (TPSA) is 68.6 Å². The van der Waals surface area contributed by atoms with Crippen LogP contribution in [0.1, 0.15) is 39.4 Å². The Morgan fingerprint density at radius 3 is 2.06 bits per heavy atom. The van der Waals surface area contributed by atoms with Crippen molar-refractivity contribution in [2.45, 2.75) is 13.0 Å². The molecule has 170 valence electrons. The summed E-state index contributed by atoms with van der Waals surface area (Å²) in [7, 11) is 3.32. The molecule has 1 aliphatic heterocycles. The lowest BCUT2D eigenvalue weighted by Gasteiger charge is -2.28. The van der Waals surface area contributed by atoms with Crippen LogP contribution < -0.4 is 10.2 Å². The monoisotopic (exact) mass is 472 g/mol. The molecule has 2 heterocycles. The van der Waals surface area contributed by atoms with Gasteiger partial charge in [-0.25, -0.2) is 0 Å². The Bertz CT molecular complexity index is 1510. The quantitative estimate of drug-likeness (QED) is 0.382. The van der Waals surface area contributed by atoms with E-state index < -0.39 is 6.04 Å². The molecule has 0 bridgehead atoms. The molecule has 0 saturated carbocycles. The third-order valence-corrected chi connectivity index (χ3v) is 6.68. The van der Waals surface area contributed by atoms with Crippen LogP contribution in [0.2, 0.25) is 5.02 Å². The first kappa shape index (κ1) is 21.9. The van der Waals surface area contributed by atoms with Gasteiger partial charge in [0, 0.05) is 13.1 Å². The highest BCUT2D eigenvalue weighted by atomic mass is 35.5. The molecule has 0 spiro atoms. The highest BCUT2D eigenvalue weighted by Crippen LogP contribution is 2.37. The lowest BCUT2D eigenvalue weighted by atomic mass is 9.96. The number of ether oxygens (including phenoxy) is 1. The van der Waals surface area contributed by atoms with Crippen LogP contribution in [0.5, 0.6) is 5.75 Å². The Morgan fingerprint density at radius 2 is 1.47 bits per heavy atom. The fraction of sp³-hybridized carbons (Fsp3) is 0.148. The van der Waals surface area contributed by atoms with Gasteiger partial charge in [-0.1, -0.05) is 54.1 Å². The fourth-order valence-electron chi connectivity index (χ4n) is 4.77. The van der Waals surface area contributed by atoms with Crippen molar-refractivity contribution in [3.8, 4) is 16.9 Å². The highest BCUT2D eigenvalue weighted by Gasteiger charge is 2.40. The van der Waals surface area contributed by atoms with E-state index in [9.17, 15) is 14.4 Å². The number of carbonyl (C=O) groups is 2. The van der Waals surface area contributed by atoms with Crippen LogP contribution >= 0.6 is 11.6 Å². The van der Waals surface area contributed by atoms with Crippen molar-refractivity contribution < 1.29 is 14.3 Å². The Balaban J connectivity index is 1.83. The van der Waals surface area contributed by atoms with Gasteiger partial charge >= 0.3 is 0 Å². The normalized spacial score (nSPS) is 13.9. The molecule has 0 radical (unpaired) electrons. The summed E-state index contributed by atoms with van der Waals surface area (Å²) in [5, 5.41) is 0.620. The number of fused-ring (bicyclic) bond motifs is 2. The van der Waals surface area contributed by atoms with Crippen LogP contribution in [0.3, 0.4) is 0 Å². The molecule has 4 aromatic rings. The predicted octanol–water partition coefficient (Wildman–Crippen LogP) is 5.22. The molecular weight excluding hydrogens is 452 g/mol. The summed E-state index contributed by atoms with van der Waals surface area (Å²) < 4.78 is 7.19. The standard InChI is InChI=1S/C27H21ClN2O4/c1-15(30-26(32)18-11-7-8-12-19(18)27(30)33)24-22(16-9-5-4-6-10-16)25(31)23-20(28)13-17(34-3)14-21(23)29(24)2/h4-15H,1-3H3/t15-/m0/s1. The summed E-state index contributed by atoms with van der Waals surface area (Å²) in [6.07, 6.45) is 0. The van der Waals surface area contributed by atoms with Gasteiger partial charge in [-0.15, -0.1) is 0 Å². The number of amides is 2. The van der Waals surface area contributed by atoms with Gasteiger partial charge in [0.15, 0.2) is 5.43 Å². The van der Waals surface area contributed by atoms with Crippen molar-refractivity contribution in [2.75, 3.05) is 7.11 Å². The van der Waals surface area contributed by atoms with Gasteiger partial charge in [0.25, 0.3) is 11.8 Å². The van der Waals surface area contributed by atoms with E-state index in [4.69, 9.17) is 16.3 Å². The lowest BCUT2D eigenvalue weighted by molar-refractivity contribution is 0.0590. The largest absolute Gasteiger partial charge is 0.497 e. The lowest BCUT2D eigenvalue weighted by Crippen LogP contribution is -2.35. The number of benzene rings is 3. The van der Waals surface area contributed by atoms with Gasteiger partial charge in [0.05, 0.1) is 51.5 Å². The van der Waals surface area contributed by atoms with Gasteiger partial charge in [-0.3, -0.25) is 19.3 Å². The number of halogens is 1. The zero-order valence-electron chi connectivity index (χ0n) is 18.8. The van der Waals surface area contributed by atoms with Crippen molar-refractivity contribution in [3.05, 3.63) is 98.8 Å². The SMILES string of the molecule is COc1cc(Cl)c2c(=O)c(-c3ccccc3)c([C@H](C)N3C(=O)c4ccccc4C3=O)n(C)c2c1. The first-order chi connectivity index (χ1) is 16.3. The third-order valence-electron chi connectivity index (χ3n) is 6.38. The molecule has 7 heteroatoms. The number of carbonyl (C=O) groups excluding carboxylic acids is 2. The summed E-state index contributed by atoms with van der Waals surface area (Å²) in [4.78, 5) is 41.6. The van der Waals surface area contributed by atoms with E-state index in [2.05, 4.69) is 0 Å². The van der Waals surface area contributed by atoms with Gasteiger partial charge < -0.3 is 9.30 Å².